The number of carbonyl (C=O) groups excluding carboxylic acids is 1. The molecule has 16 heavy (non-hydrogen) atoms. The number of nitrogens with zero attached hydrogens (tertiary/aromatic N) is 2. The van der Waals surface area contributed by atoms with Crippen molar-refractivity contribution >= 4 is 5.97 Å². The third-order valence-corrected chi connectivity index (χ3v) is 1.68. The Hall–Kier alpha value is -1.24. The van der Waals surface area contributed by atoms with E-state index in [-0.39, 0.29) is 35.4 Å². The van der Waals surface area contributed by atoms with E-state index >= 15 is 0 Å². The summed E-state index contributed by atoms with van der Waals surface area (Å²) in [4.78, 5) is 13.8. The summed E-state index contributed by atoms with van der Waals surface area (Å²) < 4.78 is 17.2. The van der Waals surface area contributed by atoms with Crippen LogP contribution in [0.15, 0.2) is 28.8 Å². The molecule has 0 N–H and O–H groups in total. The van der Waals surface area contributed by atoms with Gasteiger partial charge in [-0.25, -0.2) is 4.39 Å². The summed E-state index contributed by atoms with van der Waals surface area (Å²) >= 11 is 0. The maximum Gasteiger partial charge on any atom is 1.00 e. The van der Waals surface area contributed by atoms with Crippen molar-refractivity contribution in [1.29, 1.82) is 0 Å². The molecule has 0 spiro atoms. The molecule has 0 amide bonds. The van der Waals surface area contributed by atoms with Crippen LogP contribution in [0.25, 0.3) is 11.4 Å². The molecule has 0 saturated heterocycles. The molecule has 0 saturated carbocycles. The van der Waals surface area contributed by atoms with Gasteiger partial charge in [-0.05, 0) is 12.1 Å². The van der Waals surface area contributed by atoms with Crippen LogP contribution in [0.1, 0.15) is 10.7 Å². The van der Waals surface area contributed by atoms with Gasteiger partial charge in [0, 0.05) is 5.56 Å². The first-order chi connectivity index (χ1) is 7.16. The number of aromatic carboxylic acids is 1. The Morgan fingerprint density at radius 1 is 1.44 bits per heavy atom. The van der Waals surface area contributed by atoms with E-state index in [1.807, 2.05) is 0 Å². The SMILES string of the molecule is O=C([O-])c1nc(-c2cccc(F)c2)no1.[Na+]. The first-order valence-electron chi connectivity index (χ1n) is 3.98. The van der Waals surface area contributed by atoms with Crippen LogP contribution in [-0.4, -0.2) is 16.1 Å². The summed E-state index contributed by atoms with van der Waals surface area (Å²) in [6, 6.07) is 5.42. The van der Waals surface area contributed by atoms with E-state index in [0.29, 0.717) is 5.56 Å². The summed E-state index contributed by atoms with van der Waals surface area (Å²) in [5.41, 5.74) is 0.339. The van der Waals surface area contributed by atoms with Crippen LogP contribution < -0.4 is 34.7 Å². The van der Waals surface area contributed by atoms with Crippen molar-refractivity contribution in [3.63, 3.8) is 0 Å². The average molecular weight is 230 g/mol. The molecule has 0 unspecified atom stereocenters. The number of hydrogen-bond donors (Lipinski definition) is 0. The third-order valence-electron chi connectivity index (χ3n) is 1.68. The molecule has 0 aliphatic heterocycles. The third kappa shape index (κ3) is 2.66. The fraction of sp³-hybridized carbons (Fsp3) is 0. The Labute approximate surface area is 112 Å². The van der Waals surface area contributed by atoms with E-state index in [1.54, 1.807) is 0 Å². The predicted molar refractivity (Wildman–Crippen MR) is 44.0 cm³/mol. The average Bonchev–Trinajstić information content (AvgIpc) is 2.66. The normalized spacial score (nSPS) is 9.56. The number of rotatable bonds is 2. The monoisotopic (exact) mass is 230 g/mol. The Bertz CT molecular complexity index is 515. The van der Waals surface area contributed by atoms with Crippen molar-refractivity contribution < 1.29 is 48.4 Å². The molecule has 1 heterocycles. The van der Waals surface area contributed by atoms with Gasteiger partial charge < -0.3 is 14.4 Å². The maximum absolute atomic E-state index is 12.8. The number of benzene rings is 1. The van der Waals surface area contributed by atoms with Gasteiger partial charge in [0.15, 0.2) is 0 Å². The fourth-order valence-electron chi connectivity index (χ4n) is 1.05. The van der Waals surface area contributed by atoms with E-state index in [0.717, 1.165) is 0 Å². The summed E-state index contributed by atoms with van der Waals surface area (Å²) in [5.74, 6) is -2.65. The number of aromatic nitrogens is 2. The van der Waals surface area contributed by atoms with Crippen molar-refractivity contribution in [3.05, 3.63) is 36.0 Å². The molecule has 0 fully saturated rings. The van der Waals surface area contributed by atoms with Gasteiger partial charge in [-0.2, -0.15) is 4.98 Å². The van der Waals surface area contributed by atoms with E-state index < -0.39 is 17.7 Å². The molecule has 2 rings (SSSR count). The largest absolute Gasteiger partial charge is 1.00 e. The van der Waals surface area contributed by atoms with E-state index in [9.17, 15) is 14.3 Å². The summed E-state index contributed by atoms with van der Waals surface area (Å²) in [6.45, 7) is 0. The minimum Gasteiger partial charge on any atom is -0.540 e. The van der Waals surface area contributed by atoms with Gasteiger partial charge in [-0.15, -0.1) is 0 Å². The zero-order valence-electron chi connectivity index (χ0n) is 8.31. The van der Waals surface area contributed by atoms with Gasteiger partial charge in [0.05, 0.1) is 0 Å². The molecule has 0 radical (unpaired) electrons. The second-order valence-electron chi connectivity index (χ2n) is 2.72. The van der Waals surface area contributed by atoms with Gasteiger partial charge >= 0.3 is 29.6 Å². The molecule has 0 bridgehead atoms. The molecule has 1 aromatic heterocycles. The maximum atomic E-state index is 12.8. The smallest absolute Gasteiger partial charge is 0.540 e. The zero-order chi connectivity index (χ0) is 10.8. The van der Waals surface area contributed by atoms with Crippen molar-refractivity contribution in [2.75, 3.05) is 0 Å². The number of hydrogen-bond acceptors (Lipinski definition) is 5. The van der Waals surface area contributed by atoms with E-state index in [2.05, 4.69) is 14.7 Å². The Kier molecular flexibility index (Phi) is 4.17. The van der Waals surface area contributed by atoms with Gasteiger partial charge in [-0.3, -0.25) is 0 Å². The Morgan fingerprint density at radius 2 is 2.19 bits per heavy atom. The summed E-state index contributed by atoms with van der Waals surface area (Å²) in [7, 11) is 0. The minimum atomic E-state index is -1.56. The van der Waals surface area contributed by atoms with Crippen LogP contribution in [0.5, 0.6) is 0 Å². The van der Waals surface area contributed by atoms with Gasteiger partial charge in [0.1, 0.15) is 11.8 Å². The molecular formula is C9H4FN2NaO3. The van der Waals surface area contributed by atoms with Gasteiger partial charge in [-0.1, -0.05) is 17.3 Å². The fourth-order valence-corrected chi connectivity index (χ4v) is 1.05. The second-order valence-corrected chi connectivity index (χ2v) is 2.72. The molecule has 5 nitrogen and oxygen atoms in total. The molecule has 7 heteroatoms. The van der Waals surface area contributed by atoms with Crippen LogP contribution in [-0.2, 0) is 0 Å². The van der Waals surface area contributed by atoms with E-state index in [1.165, 1.54) is 24.3 Å². The van der Waals surface area contributed by atoms with Crippen LogP contribution >= 0.6 is 0 Å². The summed E-state index contributed by atoms with van der Waals surface area (Å²) in [5, 5.41) is 13.7. The predicted octanol–water partition coefficient (Wildman–Crippen LogP) is -2.76. The topological polar surface area (TPSA) is 79.0 Å². The van der Waals surface area contributed by atoms with Crippen LogP contribution in [0.3, 0.4) is 0 Å². The van der Waals surface area contributed by atoms with Gasteiger partial charge in [0.2, 0.25) is 5.82 Å². The quantitative estimate of drug-likeness (QED) is 0.522. The molecule has 0 aliphatic rings. The van der Waals surface area contributed by atoms with Gasteiger partial charge in [0.25, 0.3) is 5.89 Å². The second kappa shape index (κ2) is 5.20. The number of carboxylic acid groups (broad SMARTS) is 1. The van der Waals surface area contributed by atoms with Crippen molar-refractivity contribution in [2.45, 2.75) is 0 Å². The molecule has 76 valence electrons. The van der Waals surface area contributed by atoms with E-state index in [4.69, 9.17) is 0 Å². The van der Waals surface area contributed by atoms with Crippen molar-refractivity contribution in [3.8, 4) is 11.4 Å². The zero-order valence-corrected chi connectivity index (χ0v) is 10.3. The van der Waals surface area contributed by atoms with Crippen LogP contribution in [0.2, 0.25) is 0 Å². The minimum absolute atomic E-state index is 0. The number of halogens is 1. The molecular weight excluding hydrogens is 226 g/mol. The molecule has 1 aromatic carbocycles. The van der Waals surface area contributed by atoms with Crippen molar-refractivity contribution in [2.24, 2.45) is 0 Å². The van der Waals surface area contributed by atoms with Crippen LogP contribution in [0.4, 0.5) is 4.39 Å². The first kappa shape index (κ1) is 12.8. The van der Waals surface area contributed by atoms with Crippen molar-refractivity contribution in [1.82, 2.24) is 10.1 Å². The van der Waals surface area contributed by atoms with Crippen LogP contribution in [0, 0.1) is 5.82 Å². The summed E-state index contributed by atoms with van der Waals surface area (Å²) in [6.07, 6.45) is 0. The Morgan fingerprint density at radius 3 is 2.75 bits per heavy atom. The standard InChI is InChI=1S/C9H5FN2O3.Na/c10-6-3-1-2-5(4-6)7-11-8(9(13)14)15-12-7;/h1-4H,(H,13,14);/q;+1/p-1. The molecule has 0 atom stereocenters. The number of carbonyl (C=O) groups is 1. The Balaban J connectivity index is 0.00000128. The molecule has 2 aromatic rings. The first-order valence-corrected chi connectivity index (χ1v) is 3.98. The number of carboxylic acids is 1. The molecule has 0 aliphatic carbocycles.